The number of rotatable bonds is 11. The highest BCUT2D eigenvalue weighted by molar-refractivity contribution is 7.89. The number of hydrogen-bond acceptors (Lipinski definition) is 6. The summed E-state index contributed by atoms with van der Waals surface area (Å²) in [6.45, 7) is 5.52. The van der Waals surface area contributed by atoms with Crippen LogP contribution in [-0.4, -0.2) is 46.6 Å². The number of aryl methyl sites for hydroxylation is 2. The largest absolute Gasteiger partial charge is 0.495 e. The summed E-state index contributed by atoms with van der Waals surface area (Å²) in [6, 6.07) is 11.7. The van der Waals surface area contributed by atoms with E-state index >= 15 is 0 Å². The Balaban J connectivity index is 1.86. The number of hydrogen-bond donors (Lipinski definition) is 2. The fourth-order valence-electron chi connectivity index (χ4n) is 2.91. The number of benzene rings is 2. The first-order chi connectivity index (χ1) is 15.1. The molecule has 0 aliphatic rings. The molecule has 2 aromatic rings. The van der Waals surface area contributed by atoms with Crippen molar-refractivity contribution >= 4 is 21.9 Å². The lowest BCUT2D eigenvalue weighted by Crippen LogP contribution is -2.30. The maximum atomic E-state index is 12.5. The Labute approximate surface area is 189 Å². The van der Waals surface area contributed by atoms with Gasteiger partial charge in [0, 0.05) is 12.5 Å². The Morgan fingerprint density at radius 3 is 2.38 bits per heavy atom. The second kappa shape index (κ2) is 11.6. The Bertz CT molecular complexity index is 1030. The van der Waals surface area contributed by atoms with Gasteiger partial charge in [0.25, 0.3) is 0 Å². The van der Waals surface area contributed by atoms with Crippen molar-refractivity contribution < 1.29 is 27.5 Å². The molecule has 174 valence electrons. The third-order valence-electron chi connectivity index (χ3n) is 4.50. The van der Waals surface area contributed by atoms with Crippen LogP contribution in [0.2, 0.25) is 0 Å². The van der Waals surface area contributed by atoms with Gasteiger partial charge in [-0.1, -0.05) is 29.8 Å². The summed E-state index contributed by atoms with van der Waals surface area (Å²) in [4.78, 5) is 24.2. The molecule has 0 fully saturated rings. The zero-order valence-electron chi connectivity index (χ0n) is 18.8. The van der Waals surface area contributed by atoms with Crippen LogP contribution in [0.1, 0.15) is 41.8 Å². The van der Waals surface area contributed by atoms with Crippen molar-refractivity contribution in [2.45, 2.75) is 44.6 Å². The molecule has 0 aromatic heterocycles. The van der Waals surface area contributed by atoms with Crippen molar-refractivity contribution in [2.24, 2.45) is 0 Å². The molecule has 9 heteroatoms. The number of methoxy groups -OCH3 is 1. The summed E-state index contributed by atoms with van der Waals surface area (Å²) in [6.07, 6.45) is 0.957. The predicted molar refractivity (Wildman–Crippen MR) is 121 cm³/mol. The van der Waals surface area contributed by atoms with Gasteiger partial charge in [0.2, 0.25) is 15.9 Å². The Hall–Kier alpha value is -2.91. The van der Waals surface area contributed by atoms with E-state index in [4.69, 9.17) is 9.47 Å². The average Bonchev–Trinajstić information content (AvgIpc) is 2.74. The smallest absolute Gasteiger partial charge is 0.338 e. The van der Waals surface area contributed by atoms with Crippen LogP contribution in [0, 0.1) is 6.92 Å². The van der Waals surface area contributed by atoms with Crippen molar-refractivity contribution in [1.82, 2.24) is 10.0 Å². The molecule has 0 aliphatic carbocycles. The number of sulfonamides is 1. The third kappa shape index (κ3) is 7.65. The molecule has 2 rings (SSSR count). The number of nitrogens with one attached hydrogen (secondary N) is 2. The predicted octanol–water partition coefficient (Wildman–Crippen LogP) is 2.60. The molecule has 0 bridgehead atoms. The second-order valence-corrected chi connectivity index (χ2v) is 9.30. The van der Waals surface area contributed by atoms with Gasteiger partial charge < -0.3 is 14.8 Å². The molecule has 8 nitrogen and oxygen atoms in total. The Morgan fingerprint density at radius 1 is 1.06 bits per heavy atom. The molecule has 2 N–H and O–H groups in total. The van der Waals surface area contributed by atoms with Crippen molar-refractivity contribution in [3.05, 3.63) is 59.2 Å². The van der Waals surface area contributed by atoms with Gasteiger partial charge in [-0.05, 0) is 51.0 Å². The summed E-state index contributed by atoms with van der Waals surface area (Å²) in [7, 11) is -2.52. The van der Waals surface area contributed by atoms with E-state index in [-0.39, 0.29) is 41.3 Å². The molecule has 0 aliphatic heterocycles. The Kier molecular flexibility index (Phi) is 9.22. The average molecular weight is 463 g/mol. The van der Waals surface area contributed by atoms with Crippen LogP contribution in [0.25, 0.3) is 0 Å². The third-order valence-corrected chi connectivity index (χ3v) is 6.18. The van der Waals surface area contributed by atoms with Gasteiger partial charge >= 0.3 is 5.97 Å². The van der Waals surface area contributed by atoms with Gasteiger partial charge in [-0.15, -0.1) is 0 Å². The quantitative estimate of drug-likeness (QED) is 0.392. The van der Waals surface area contributed by atoms with Crippen molar-refractivity contribution in [3.8, 4) is 5.75 Å². The maximum Gasteiger partial charge on any atom is 0.338 e. The molecule has 0 radical (unpaired) electrons. The summed E-state index contributed by atoms with van der Waals surface area (Å²) >= 11 is 0. The van der Waals surface area contributed by atoms with Crippen molar-refractivity contribution in [2.75, 3.05) is 20.3 Å². The lowest BCUT2D eigenvalue weighted by molar-refractivity contribution is -0.121. The van der Waals surface area contributed by atoms with E-state index in [0.717, 1.165) is 11.1 Å². The highest BCUT2D eigenvalue weighted by Crippen LogP contribution is 2.25. The van der Waals surface area contributed by atoms with E-state index in [1.165, 1.54) is 25.3 Å². The highest BCUT2D eigenvalue weighted by Gasteiger charge is 2.23. The van der Waals surface area contributed by atoms with Crippen LogP contribution < -0.4 is 14.8 Å². The monoisotopic (exact) mass is 462 g/mol. The van der Waals surface area contributed by atoms with E-state index in [9.17, 15) is 18.0 Å². The van der Waals surface area contributed by atoms with Crippen LogP contribution in [0.3, 0.4) is 0 Å². The molecule has 0 saturated heterocycles. The fourth-order valence-corrected chi connectivity index (χ4v) is 4.35. The van der Waals surface area contributed by atoms with Gasteiger partial charge in [-0.3, -0.25) is 4.79 Å². The van der Waals surface area contributed by atoms with Crippen LogP contribution in [0.5, 0.6) is 5.75 Å². The first-order valence-electron chi connectivity index (χ1n) is 10.3. The Morgan fingerprint density at radius 2 is 1.75 bits per heavy atom. The van der Waals surface area contributed by atoms with Gasteiger partial charge in [0.15, 0.2) is 0 Å². The molecule has 0 unspecified atom stereocenters. The standard InChI is InChI=1S/C23H30N2O6S/c1-16(2)25-32(28,29)21-15-19(10-11-20(21)30-4)23(27)31-14-13-24-22(26)12-9-18-7-5-17(3)6-8-18/h5-8,10-11,15-16,25H,9,12-14H2,1-4H3,(H,24,26). The number of esters is 1. The number of carbonyl (C=O) groups is 2. The molecule has 0 spiro atoms. The van der Waals surface area contributed by atoms with Crippen LogP contribution >= 0.6 is 0 Å². The first kappa shape index (κ1) is 25.4. The highest BCUT2D eigenvalue weighted by atomic mass is 32.2. The summed E-state index contributed by atoms with van der Waals surface area (Å²) in [5.74, 6) is -0.711. The lowest BCUT2D eigenvalue weighted by Gasteiger charge is -2.14. The topological polar surface area (TPSA) is 111 Å². The van der Waals surface area contributed by atoms with E-state index in [0.29, 0.717) is 12.8 Å². The molecule has 1 amide bonds. The maximum absolute atomic E-state index is 12.5. The van der Waals surface area contributed by atoms with E-state index in [1.807, 2.05) is 31.2 Å². The van der Waals surface area contributed by atoms with E-state index in [2.05, 4.69) is 10.0 Å². The molecule has 0 atom stereocenters. The second-order valence-electron chi connectivity index (χ2n) is 7.61. The SMILES string of the molecule is COc1ccc(C(=O)OCCNC(=O)CCc2ccc(C)cc2)cc1S(=O)(=O)NC(C)C. The van der Waals surface area contributed by atoms with Crippen molar-refractivity contribution in [1.29, 1.82) is 0 Å². The van der Waals surface area contributed by atoms with Gasteiger partial charge in [0.05, 0.1) is 19.2 Å². The summed E-state index contributed by atoms with van der Waals surface area (Å²) in [5, 5.41) is 2.70. The number of amides is 1. The van der Waals surface area contributed by atoms with Crippen molar-refractivity contribution in [3.63, 3.8) is 0 Å². The number of carbonyl (C=O) groups excluding carboxylic acids is 2. The van der Waals surface area contributed by atoms with Gasteiger partial charge in [-0.25, -0.2) is 17.9 Å². The van der Waals surface area contributed by atoms with Crippen LogP contribution in [-0.2, 0) is 26.0 Å². The molecular weight excluding hydrogens is 432 g/mol. The first-order valence-corrected chi connectivity index (χ1v) is 11.8. The molecule has 0 saturated carbocycles. The minimum Gasteiger partial charge on any atom is -0.495 e. The fraction of sp³-hybridized carbons (Fsp3) is 0.391. The zero-order chi connectivity index (χ0) is 23.7. The zero-order valence-corrected chi connectivity index (χ0v) is 19.6. The minimum atomic E-state index is -3.87. The van der Waals surface area contributed by atoms with Gasteiger partial charge in [0.1, 0.15) is 17.3 Å². The van der Waals surface area contributed by atoms with E-state index in [1.54, 1.807) is 13.8 Å². The van der Waals surface area contributed by atoms with Crippen LogP contribution in [0.15, 0.2) is 47.4 Å². The van der Waals surface area contributed by atoms with Crippen LogP contribution in [0.4, 0.5) is 0 Å². The number of ether oxygens (including phenoxy) is 2. The summed E-state index contributed by atoms with van der Waals surface area (Å²) in [5.41, 5.74) is 2.31. The molecule has 2 aromatic carbocycles. The molecule has 0 heterocycles. The normalized spacial score (nSPS) is 11.3. The molecular formula is C23H30N2O6S. The minimum absolute atomic E-state index is 0.0343. The molecule has 32 heavy (non-hydrogen) atoms. The van der Waals surface area contributed by atoms with Gasteiger partial charge in [-0.2, -0.15) is 0 Å². The lowest BCUT2D eigenvalue weighted by atomic mass is 10.1. The summed E-state index contributed by atoms with van der Waals surface area (Å²) < 4.78 is 37.8. The van der Waals surface area contributed by atoms with E-state index < -0.39 is 16.0 Å².